The van der Waals surface area contributed by atoms with Gasteiger partial charge in [0.25, 0.3) is 0 Å². The fraction of sp³-hybridized carbons (Fsp3) is 0.667. The van der Waals surface area contributed by atoms with Crippen molar-refractivity contribution in [2.24, 2.45) is 4.99 Å². The van der Waals surface area contributed by atoms with Crippen LogP contribution >= 0.6 is 0 Å². The summed E-state index contributed by atoms with van der Waals surface area (Å²) in [6.45, 7) is 7.50. The molecule has 1 fully saturated rings. The highest BCUT2D eigenvalue weighted by Crippen LogP contribution is 2.31. The summed E-state index contributed by atoms with van der Waals surface area (Å²) in [5.41, 5.74) is 1.23. The predicted octanol–water partition coefficient (Wildman–Crippen LogP) is 2.81. The fourth-order valence-electron chi connectivity index (χ4n) is 3.43. The molecule has 0 spiro atoms. The van der Waals surface area contributed by atoms with Crippen LogP contribution in [0.25, 0.3) is 0 Å². The molecule has 1 aliphatic rings. The second kappa shape index (κ2) is 12.6. The molecule has 2 N–H and O–H groups in total. The first-order valence-electron chi connectivity index (χ1n) is 10.2. The lowest BCUT2D eigenvalue weighted by Crippen LogP contribution is -2.43. The van der Waals surface area contributed by atoms with Gasteiger partial charge in [-0.15, -0.1) is 0 Å². The van der Waals surface area contributed by atoms with Crippen molar-refractivity contribution < 1.29 is 9.47 Å². The molecule has 2 rings (SSSR count). The lowest BCUT2D eigenvalue weighted by Gasteiger charge is -2.30. The maximum absolute atomic E-state index is 5.61. The van der Waals surface area contributed by atoms with Gasteiger partial charge in [-0.25, -0.2) is 0 Å². The Balaban J connectivity index is 1.91. The van der Waals surface area contributed by atoms with Gasteiger partial charge >= 0.3 is 0 Å². The number of hydrogen-bond acceptors (Lipinski definition) is 4. The van der Waals surface area contributed by atoms with Crippen LogP contribution < -0.4 is 15.4 Å². The topological polar surface area (TPSA) is 58.1 Å². The minimum atomic E-state index is 0.267. The summed E-state index contributed by atoms with van der Waals surface area (Å²) >= 11 is 0. The van der Waals surface area contributed by atoms with Gasteiger partial charge in [-0.05, 0) is 38.4 Å². The molecule has 0 bridgehead atoms. The van der Waals surface area contributed by atoms with Crippen molar-refractivity contribution in [3.05, 3.63) is 29.8 Å². The first-order valence-corrected chi connectivity index (χ1v) is 10.2. The highest BCUT2D eigenvalue weighted by atomic mass is 16.5. The van der Waals surface area contributed by atoms with Gasteiger partial charge < -0.3 is 20.1 Å². The maximum atomic E-state index is 5.61. The summed E-state index contributed by atoms with van der Waals surface area (Å²) in [4.78, 5) is 6.88. The monoisotopic (exact) mass is 376 g/mol. The second-order valence-corrected chi connectivity index (χ2v) is 6.85. The predicted molar refractivity (Wildman–Crippen MR) is 112 cm³/mol. The average molecular weight is 377 g/mol. The van der Waals surface area contributed by atoms with Gasteiger partial charge in [-0.2, -0.15) is 0 Å². The van der Waals surface area contributed by atoms with Crippen molar-refractivity contribution in [3.63, 3.8) is 0 Å². The standard InChI is InChI=1S/C21H36N4O2/c1-4-5-15-27-16-12-23-21(22-2)24-17-19(25-13-8-9-14-25)18-10-6-7-11-20(18)26-3/h6-7,10-11,19H,4-5,8-9,12-17H2,1-3H3,(H2,22,23,24). The number of unbranched alkanes of at least 4 members (excludes halogenated alkanes) is 1. The molecule has 0 amide bonds. The minimum Gasteiger partial charge on any atom is -0.496 e. The average Bonchev–Trinajstić information content (AvgIpc) is 3.24. The zero-order chi connectivity index (χ0) is 19.3. The number of nitrogens with one attached hydrogen (secondary N) is 2. The summed E-state index contributed by atoms with van der Waals surface area (Å²) in [6, 6.07) is 8.58. The highest BCUT2D eigenvalue weighted by molar-refractivity contribution is 5.79. The van der Waals surface area contributed by atoms with Crippen molar-refractivity contribution in [2.75, 3.05) is 53.6 Å². The van der Waals surface area contributed by atoms with E-state index < -0.39 is 0 Å². The zero-order valence-corrected chi connectivity index (χ0v) is 17.2. The van der Waals surface area contributed by atoms with E-state index in [2.05, 4.69) is 39.6 Å². The van der Waals surface area contributed by atoms with Crippen molar-refractivity contribution in [1.29, 1.82) is 0 Å². The maximum Gasteiger partial charge on any atom is 0.191 e. The Morgan fingerprint density at radius 1 is 1.19 bits per heavy atom. The molecule has 152 valence electrons. The number of para-hydroxylation sites is 1. The number of guanidine groups is 1. The Hall–Kier alpha value is -1.79. The summed E-state index contributed by atoms with van der Waals surface area (Å²) < 4.78 is 11.2. The van der Waals surface area contributed by atoms with E-state index in [4.69, 9.17) is 9.47 Å². The van der Waals surface area contributed by atoms with Gasteiger partial charge in [0.2, 0.25) is 0 Å². The van der Waals surface area contributed by atoms with E-state index in [-0.39, 0.29) is 6.04 Å². The van der Waals surface area contributed by atoms with Gasteiger partial charge in [0.05, 0.1) is 19.8 Å². The molecule has 27 heavy (non-hydrogen) atoms. The summed E-state index contributed by atoms with van der Waals surface area (Å²) in [6.07, 6.45) is 4.79. The van der Waals surface area contributed by atoms with Crippen LogP contribution in [0.4, 0.5) is 0 Å². The molecule has 0 aromatic heterocycles. The van der Waals surface area contributed by atoms with Crippen molar-refractivity contribution in [1.82, 2.24) is 15.5 Å². The fourth-order valence-corrected chi connectivity index (χ4v) is 3.43. The Bertz CT molecular complexity index is 559. The largest absolute Gasteiger partial charge is 0.496 e. The van der Waals surface area contributed by atoms with E-state index in [0.29, 0.717) is 6.61 Å². The molecule has 6 nitrogen and oxygen atoms in total. The summed E-state index contributed by atoms with van der Waals surface area (Å²) in [7, 11) is 3.55. The number of likely N-dealkylation sites (tertiary alicyclic amines) is 1. The third-order valence-electron chi connectivity index (χ3n) is 4.95. The molecule has 0 saturated carbocycles. The molecule has 1 unspecified atom stereocenters. The Morgan fingerprint density at radius 3 is 2.67 bits per heavy atom. The molecule has 6 heteroatoms. The lowest BCUT2D eigenvalue weighted by atomic mass is 10.0. The normalized spacial score (nSPS) is 16.3. The van der Waals surface area contributed by atoms with Gasteiger partial charge in [-0.1, -0.05) is 31.5 Å². The van der Waals surface area contributed by atoms with Crippen LogP contribution in [0.1, 0.15) is 44.2 Å². The Kier molecular flexibility index (Phi) is 10.0. The first-order chi connectivity index (χ1) is 13.3. The molecular formula is C21H36N4O2. The van der Waals surface area contributed by atoms with Crippen LogP contribution in [0.3, 0.4) is 0 Å². The molecule has 1 aromatic carbocycles. The number of ether oxygens (including phenoxy) is 2. The molecule has 1 saturated heterocycles. The quantitative estimate of drug-likeness (QED) is 0.353. The number of aliphatic imine (C=N–C) groups is 1. The van der Waals surface area contributed by atoms with Crippen LogP contribution in [0.5, 0.6) is 5.75 Å². The number of benzene rings is 1. The van der Waals surface area contributed by atoms with Crippen molar-refractivity contribution in [2.45, 2.75) is 38.6 Å². The minimum absolute atomic E-state index is 0.267. The van der Waals surface area contributed by atoms with Gasteiger partial charge in [0, 0.05) is 32.3 Å². The lowest BCUT2D eigenvalue weighted by molar-refractivity contribution is 0.136. The van der Waals surface area contributed by atoms with E-state index in [1.807, 2.05) is 12.1 Å². The van der Waals surface area contributed by atoms with E-state index in [0.717, 1.165) is 57.3 Å². The molecule has 1 aliphatic heterocycles. The van der Waals surface area contributed by atoms with Gasteiger partial charge in [0.15, 0.2) is 5.96 Å². The Labute approximate surface area is 164 Å². The Morgan fingerprint density at radius 2 is 1.96 bits per heavy atom. The smallest absolute Gasteiger partial charge is 0.191 e. The number of methoxy groups -OCH3 is 1. The molecular weight excluding hydrogens is 340 g/mol. The van der Waals surface area contributed by atoms with E-state index >= 15 is 0 Å². The van der Waals surface area contributed by atoms with Crippen LogP contribution in [-0.2, 0) is 4.74 Å². The second-order valence-electron chi connectivity index (χ2n) is 6.85. The molecule has 1 atom stereocenters. The van der Waals surface area contributed by atoms with Gasteiger partial charge in [0.1, 0.15) is 5.75 Å². The number of rotatable bonds is 11. The summed E-state index contributed by atoms with van der Waals surface area (Å²) in [5.74, 6) is 1.76. The first kappa shape index (κ1) is 21.5. The van der Waals surface area contributed by atoms with E-state index in [9.17, 15) is 0 Å². The molecule has 1 heterocycles. The molecule has 1 aromatic rings. The van der Waals surface area contributed by atoms with Crippen LogP contribution in [0.15, 0.2) is 29.3 Å². The third kappa shape index (κ3) is 7.03. The highest BCUT2D eigenvalue weighted by Gasteiger charge is 2.25. The van der Waals surface area contributed by atoms with Crippen LogP contribution in [0, 0.1) is 0 Å². The van der Waals surface area contributed by atoms with Gasteiger partial charge in [-0.3, -0.25) is 9.89 Å². The van der Waals surface area contributed by atoms with Crippen LogP contribution in [0.2, 0.25) is 0 Å². The zero-order valence-electron chi connectivity index (χ0n) is 17.2. The summed E-state index contributed by atoms with van der Waals surface area (Å²) in [5, 5.41) is 6.82. The number of nitrogens with zero attached hydrogens (tertiary/aromatic N) is 2. The van der Waals surface area contributed by atoms with E-state index in [1.165, 1.54) is 18.4 Å². The van der Waals surface area contributed by atoms with Crippen molar-refractivity contribution in [3.8, 4) is 5.75 Å². The third-order valence-corrected chi connectivity index (χ3v) is 4.95. The SMILES string of the molecule is CCCCOCCNC(=NC)NCC(c1ccccc1OC)N1CCCC1. The van der Waals surface area contributed by atoms with E-state index in [1.54, 1.807) is 14.2 Å². The van der Waals surface area contributed by atoms with Crippen molar-refractivity contribution >= 4 is 5.96 Å². The van der Waals surface area contributed by atoms with Crippen LogP contribution in [-0.4, -0.2) is 64.4 Å². The molecule has 0 aliphatic carbocycles. The number of hydrogen-bond donors (Lipinski definition) is 2. The molecule has 0 radical (unpaired) electrons.